The fraction of sp³-hybridized carbons (Fsp3) is 1.00. The van der Waals surface area contributed by atoms with E-state index in [0.29, 0.717) is 0 Å². The highest BCUT2D eigenvalue weighted by Crippen LogP contribution is 2.27. The molecule has 0 aromatic rings. The van der Waals surface area contributed by atoms with E-state index in [0.717, 1.165) is 12.0 Å². The lowest BCUT2D eigenvalue weighted by atomic mass is 9.83. The Balaban J connectivity index is 1.69. The van der Waals surface area contributed by atoms with Crippen LogP contribution in [0.1, 0.15) is 77.6 Å². The van der Waals surface area contributed by atoms with Crippen LogP contribution in [0.3, 0.4) is 0 Å². The maximum atomic E-state index is 3.85. The lowest BCUT2D eigenvalue weighted by Gasteiger charge is -2.33. The molecule has 2 rings (SSSR count). The Bertz CT molecular complexity index is 236. The minimum atomic E-state index is 0.786. The van der Waals surface area contributed by atoms with Crippen LogP contribution in [0.5, 0.6) is 0 Å². The molecule has 0 bridgehead atoms. The summed E-state index contributed by atoms with van der Waals surface area (Å²) in [5.74, 6) is 0.962. The average molecular weight is 281 g/mol. The first-order valence-corrected chi connectivity index (χ1v) is 9.36. The zero-order chi connectivity index (χ0) is 14.0. The first kappa shape index (κ1) is 16.3. The first-order valence-electron chi connectivity index (χ1n) is 9.36. The molecule has 2 fully saturated rings. The van der Waals surface area contributed by atoms with Crippen molar-refractivity contribution in [3.8, 4) is 0 Å². The third-order valence-electron chi connectivity index (χ3n) is 5.31. The Morgan fingerprint density at radius 1 is 0.950 bits per heavy atom. The zero-order valence-corrected chi connectivity index (χ0v) is 13.7. The van der Waals surface area contributed by atoms with Crippen molar-refractivity contribution in [1.29, 1.82) is 0 Å². The second kappa shape index (κ2) is 9.78. The Labute approximate surface area is 126 Å². The SMILES string of the molecule is CCCCCCCN1CCCNC(C2CCCCC2)C1. The standard InChI is InChI=1S/C18H36N2/c1-2-3-4-5-9-14-20-15-10-13-19-18(16-20)17-11-7-6-8-12-17/h17-19H,2-16H2,1H3. The van der Waals surface area contributed by atoms with Gasteiger partial charge in [0.2, 0.25) is 0 Å². The fourth-order valence-electron chi connectivity index (χ4n) is 4.02. The van der Waals surface area contributed by atoms with Gasteiger partial charge in [0.1, 0.15) is 0 Å². The van der Waals surface area contributed by atoms with Gasteiger partial charge in [0.15, 0.2) is 0 Å². The summed E-state index contributed by atoms with van der Waals surface area (Å²) in [6.07, 6.45) is 15.8. The Kier molecular flexibility index (Phi) is 7.97. The monoisotopic (exact) mass is 280 g/mol. The molecule has 1 heterocycles. The van der Waals surface area contributed by atoms with Crippen molar-refractivity contribution in [2.24, 2.45) is 5.92 Å². The lowest BCUT2D eigenvalue weighted by molar-refractivity contribution is 0.203. The van der Waals surface area contributed by atoms with Gasteiger partial charge >= 0.3 is 0 Å². The second-order valence-corrected chi connectivity index (χ2v) is 7.03. The number of rotatable bonds is 7. The second-order valence-electron chi connectivity index (χ2n) is 7.03. The predicted molar refractivity (Wildman–Crippen MR) is 88.2 cm³/mol. The van der Waals surface area contributed by atoms with Gasteiger partial charge in [-0.2, -0.15) is 0 Å². The van der Waals surface area contributed by atoms with Crippen LogP contribution >= 0.6 is 0 Å². The van der Waals surface area contributed by atoms with Crippen LogP contribution < -0.4 is 5.32 Å². The van der Waals surface area contributed by atoms with Gasteiger partial charge in [-0.15, -0.1) is 0 Å². The smallest absolute Gasteiger partial charge is 0.0223 e. The number of nitrogens with zero attached hydrogens (tertiary/aromatic N) is 1. The highest BCUT2D eigenvalue weighted by atomic mass is 15.2. The van der Waals surface area contributed by atoms with Crippen LogP contribution in [-0.2, 0) is 0 Å². The van der Waals surface area contributed by atoms with Crippen molar-refractivity contribution in [3.63, 3.8) is 0 Å². The quantitative estimate of drug-likeness (QED) is 0.703. The van der Waals surface area contributed by atoms with Gasteiger partial charge in [0.05, 0.1) is 0 Å². The van der Waals surface area contributed by atoms with E-state index in [9.17, 15) is 0 Å². The van der Waals surface area contributed by atoms with Crippen molar-refractivity contribution in [3.05, 3.63) is 0 Å². The molecule has 20 heavy (non-hydrogen) atoms. The highest BCUT2D eigenvalue weighted by molar-refractivity contribution is 4.84. The normalized spacial score (nSPS) is 26.6. The summed E-state index contributed by atoms with van der Waals surface area (Å²) in [5.41, 5.74) is 0. The van der Waals surface area contributed by atoms with Gasteiger partial charge in [-0.3, -0.25) is 0 Å². The minimum absolute atomic E-state index is 0.786. The molecule has 0 radical (unpaired) electrons. The molecule has 1 N–H and O–H groups in total. The molecule has 0 amide bonds. The van der Waals surface area contributed by atoms with Crippen molar-refractivity contribution >= 4 is 0 Å². The zero-order valence-electron chi connectivity index (χ0n) is 13.7. The average Bonchev–Trinajstić information content (AvgIpc) is 2.74. The molecule has 1 aliphatic carbocycles. The van der Waals surface area contributed by atoms with E-state index in [2.05, 4.69) is 17.1 Å². The van der Waals surface area contributed by atoms with Gasteiger partial charge in [0, 0.05) is 12.6 Å². The Morgan fingerprint density at radius 2 is 1.75 bits per heavy atom. The van der Waals surface area contributed by atoms with Gasteiger partial charge in [-0.05, 0) is 51.2 Å². The predicted octanol–water partition coefficient (Wildman–Crippen LogP) is 4.20. The van der Waals surface area contributed by atoms with E-state index < -0.39 is 0 Å². The van der Waals surface area contributed by atoms with Crippen LogP contribution in [-0.4, -0.2) is 37.1 Å². The van der Waals surface area contributed by atoms with E-state index >= 15 is 0 Å². The summed E-state index contributed by atoms with van der Waals surface area (Å²) in [6, 6.07) is 0.786. The van der Waals surface area contributed by atoms with E-state index in [4.69, 9.17) is 0 Å². The van der Waals surface area contributed by atoms with Gasteiger partial charge in [-0.25, -0.2) is 0 Å². The summed E-state index contributed by atoms with van der Waals surface area (Å²) >= 11 is 0. The largest absolute Gasteiger partial charge is 0.312 e. The van der Waals surface area contributed by atoms with Crippen molar-refractivity contribution in [2.45, 2.75) is 83.6 Å². The molecular formula is C18H36N2. The number of unbranched alkanes of at least 4 members (excludes halogenated alkanes) is 4. The Morgan fingerprint density at radius 3 is 2.55 bits per heavy atom. The summed E-state index contributed by atoms with van der Waals surface area (Å²) in [4.78, 5) is 2.76. The van der Waals surface area contributed by atoms with Crippen molar-refractivity contribution in [1.82, 2.24) is 10.2 Å². The number of hydrogen-bond donors (Lipinski definition) is 1. The molecule has 1 saturated heterocycles. The first-order chi connectivity index (χ1) is 9.90. The van der Waals surface area contributed by atoms with Crippen molar-refractivity contribution < 1.29 is 0 Å². The molecule has 1 saturated carbocycles. The highest BCUT2D eigenvalue weighted by Gasteiger charge is 2.26. The van der Waals surface area contributed by atoms with E-state index in [1.807, 2.05) is 0 Å². The van der Waals surface area contributed by atoms with Crippen LogP contribution in [0.4, 0.5) is 0 Å². The molecule has 2 heteroatoms. The third-order valence-corrected chi connectivity index (χ3v) is 5.31. The molecular weight excluding hydrogens is 244 g/mol. The summed E-state index contributed by atoms with van der Waals surface area (Å²) in [6.45, 7) is 7.53. The molecule has 2 aliphatic rings. The van der Waals surface area contributed by atoms with E-state index in [-0.39, 0.29) is 0 Å². The third kappa shape index (κ3) is 5.73. The lowest BCUT2D eigenvalue weighted by Crippen LogP contribution is -2.43. The molecule has 2 nitrogen and oxygen atoms in total. The van der Waals surface area contributed by atoms with Gasteiger partial charge in [-0.1, -0.05) is 51.9 Å². The van der Waals surface area contributed by atoms with Crippen molar-refractivity contribution in [2.75, 3.05) is 26.2 Å². The Hall–Kier alpha value is -0.0800. The number of nitrogens with one attached hydrogen (secondary N) is 1. The van der Waals surface area contributed by atoms with Gasteiger partial charge in [0.25, 0.3) is 0 Å². The maximum Gasteiger partial charge on any atom is 0.0223 e. The molecule has 0 aromatic carbocycles. The summed E-state index contributed by atoms with van der Waals surface area (Å²) in [5, 5.41) is 3.85. The van der Waals surface area contributed by atoms with E-state index in [1.54, 1.807) is 0 Å². The molecule has 0 spiro atoms. The van der Waals surface area contributed by atoms with Crippen LogP contribution in [0, 0.1) is 5.92 Å². The van der Waals surface area contributed by atoms with Gasteiger partial charge < -0.3 is 10.2 Å². The summed E-state index contributed by atoms with van der Waals surface area (Å²) in [7, 11) is 0. The fourth-order valence-corrected chi connectivity index (χ4v) is 4.02. The summed E-state index contributed by atoms with van der Waals surface area (Å²) < 4.78 is 0. The number of hydrogen-bond acceptors (Lipinski definition) is 2. The molecule has 0 aromatic heterocycles. The molecule has 1 aliphatic heterocycles. The van der Waals surface area contributed by atoms with E-state index in [1.165, 1.54) is 96.8 Å². The van der Waals surface area contributed by atoms with Crippen LogP contribution in [0.2, 0.25) is 0 Å². The minimum Gasteiger partial charge on any atom is -0.312 e. The maximum absolute atomic E-state index is 3.85. The molecule has 118 valence electrons. The van der Waals surface area contributed by atoms with Crippen LogP contribution in [0.15, 0.2) is 0 Å². The molecule has 1 unspecified atom stereocenters. The molecule has 1 atom stereocenters. The van der Waals surface area contributed by atoms with Crippen LogP contribution in [0.25, 0.3) is 0 Å². The topological polar surface area (TPSA) is 15.3 Å².